The standard InChI is InChI=1S/C16H19NO5S/c1-4-5-8-22-16(18)13-10-15(23(3,19)20)17-14-7-6-11(21-2)9-12(13)14/h6-7,9-10H,4-5,8H2,1-3H3. The van der Waals surface area contributed by atoms with Crippen molar-refractivity contribution in [1.29, 1.82) is 0 Å². The van der Waals surface area contributed by atoms with Gasteiger partial charge in [-0.15, -0.1) is 0 Å². The number of hydrogen-bond acceptors (Lipinski definition) is 6. The number of nitrogens with zero attached hydrogens (tertiary/aromatic N) is 1. The molecule has 2 rings (SSSR count). The van der Waals surface area contributed by atoms with E-state index in [-0.39, 0.29) is 17.2 Å². The summed E-state index contributed by atoms with van der Waals surface area (Å²) >= 11 is 0. The third-order valence-electron chi connectivity index (χ3n) is 3.32. The maximum absolute atomic E-state index is 12.3. The molecular weight excluding hydrogens is 318 g/mol. The maximum Gasteiger partial charge on any atom is 0.338 e. The number of rotatable bonds is 6. The average molecular weight is 337 g/mol. The highest BCUT2D eigenvalue weighted by molar-refractivity contribution is 7.90. The van der Waals surface area contributed by atoms with Gasteiger partial charge in [0.15, 0.2) is 14.9 Å². The van der Waals surface area contributed by atoms with Crippen molar-refractivity contribution in [3.8, 4) is 5.75 Å². The Morgan fingerprint density at radius 2 is 2.00 bits per heavy atom. The molecule has 1 aromatic heterocycles. The fourth-order valence-corrected chi connectivity index (χ4v) is 2.65. The van der Waals surface area contributed by atoms with Gasteiger partial charge in [-0.2, -0.15) is 0 Å². The van der Waals surface area contributed by atoms with Gasteiger partial charge in [0.1, 0.15) is 5.75 Å². The molecule has 0 unspecified atom stereocenters. The summed E-state index contributed by atoms with van der Waals surface area (Å²) < 4.78 is 34.0. The highest BCUT2D eigenvalue weighted by atomic mass is 32.2. The highest BCUT2D eigenvalue weighted by Gasteiger charge is 2.19. The minimum Gasteiger partial charge on any atom is -0.497 e. The van der Waals surface area contributed by atoms with Crippen LogP contribution in [0.15, 0.2) is 29.3 Å². The van der Waals surface area contributed by atoms with Crippen molar-refractivity contribution in [2.75, 3.05) is 20.0 Å². The number of sulfone groups is 1. The van der Waals surface area contributed by atoms with Gasteiger partial charge >= 0.3 is 5.97 Å². The van der Waals surface area contributed by atoms with Gasteiger partial charge in [0, 0.05) is 11.6 Å². The van der Waals surface area contributed by atoms with E-state index in [0.29, 0.717) is 16.7 Å². The summed E-state index contributed by atoms with van der Waals surface area (Å²) in [6.45, 7) is 2.28. The van der Waals surface area contributed by atoms with E-state index >= 15 is 0 Å². The van der Waals surface area contributed by atoms with E-state index in [1.807, 2.05) is 6.92 Å². The Kier molecular flexibility index (Phi) is 5.20. The van der Waals surface area contributed by atoms with Crippen LogP contribution in [0, 0.1) is 0 Å². The number of pyridine rings is 1. The Hall–Kier alpha value is -2.15. The molecule has 7 heteroatoms. The fraction of sp³-hybridized carbons (Fsp3) is 0.375. The summed E-state index contributed by atoms with van der Waals surface area (Å²) in [6, 6.07) is 6.18. The summed E-state index contributed by atoms with van der Waals surface area (Å²) in [6.07, 6.45) is 2.70. The molecule has 124 valence electrons. The quantitative estimate of drug-likeness (QED) is 0.595. The van der Waals surface area contributed by atoms with Crippen LogP contribution >= 0.6 is 0 Å². The predicted octanol–water partition coefficient (Wildman–Crippen LogP) is 2.60. The van der Waals surface area contributed by atoms with Crippen molar-refractivity contribution in [2.45, 2.75) is 24.8 Å². The van der Waals surface area contributed by atoms with Gasteiger partial charge in [-0.3, -0.25) is 0 Å². The molecule has 0 amide bonds. The van der Waals surface area contributed by atoms with E-state index in [2.05, 4.69) is 4.98 Å². The van der Waals surface area contributed by atoms with Gasteiger partial charge in [-0.05, 0) is 30.7 Å². The van der Waals surface area contributed by atoms with E-state index in [1.165, 1.54) is 13.2 Å². The first-order valence-corrected chi connectivity index (χ1v) is 9.12. The maximum atomic E-state index is 12.3. The largest absolute Gasteiger partial charge is 0.497 e. The highest BCUT2D eigenvalue weighted by Crippen LogP contribution is 2.25. The molecule has 0 bridgehead atoms. The van der Waals surface area contributed by atoms with E-state index in [1.54, 1.807) is 18.2 Å². The van der Waals surface area contributed by atoms with E-state index in [9.17, 15) is 13.2 Å². The zero-order chi connectivity index (χ0) is 17.0. The first-order chi connectivity index (χ1) is 10.9. The number of ether oxygens (including phenoxy) is 2. The summed E-state index contributed by atoms with van der Waals surface area (Å²) in [7, 11) is -2.03. The summed E-state index contributed by atoms with van der Waals surface area (Å²) in [5, 5.41) is 0.343. The van der Waals surface area contributed by atoms with Gasteiger partial charge in [0.2, 0.25) is 0 Å². The van der Waals surface area contributed by atoms with Crippen LogP contribution in [-0.4, -0.2) is 39.3 Å². The molecule has 0 fully saturated rings. The number of fused-ring (bicyclic) bond motifs is 1. The zero-order valence-corrected chi connectivity index (χ0v) is 14.1. The van der Waals surface area contributed by atoms with Gasteiger partial charge in [-0.1, -0.05) is 13.3 Å². The molecule has 1 heterocycles. The Morgan fingerprint density at radius 3 is 2.61 bits per heavy atom. The number of carbonyl (C=O) groups excluding carboxylic acids is 1. The van der Waals surface area contributed by atoms with Crippen LogP contribution in [0.25, 0.3) is 10.9 Å². The van der Waals surface area contributed by atoms with Gasteiger partial charge in [0.05, 0.1) is 24.8 Å². The predicted molar refractivity (Wildman–Crippen MR) is 86.6 cm³/mol. The summed E-state index contributed by atoms with van der Waals surface area (Å²) in [5.74, 6) is -0.0157. The molecule has 0 radical (unpaired) electrons. The minimum atomic E-state index is -3.54. The zero-order valence-electron chi connectivity index (χ0n) is 13.3. The van der Waals surface area contributed by atoms with Crippen LogP contribution in [-0.2, 0) is 14.6 Å². The molecular formula is C16H19NO5S. The second kappa shape index (κ2) is 6.95. The molecule has 0 atom stereocenters. The number of carbonyl (C=O) groups is 1. The van der Waals surface area contributed by atoms with Crippen molar-refractivity contribution in [3.63, 3.8) is 0 Å². The molecule has 0 aliphatic heterocycles. The lowest BCUT2D eigenvalue weighted by molar-refractivity contribution is 0.0501. The van der Waals surface area contributed by atoms with Crippen molar-refractivity contribution in [1.82, 2.24) is 4.98 Å². The van der Waals surface area contributed by atoms with Gasteiger partial charge in [0.25, 0.3) is 0 Å². The number of benzene rings is 1. The average Bonchev–Trinajstić information content (AvgIpc) is 2.52. The molecule has 0 saturated heterocycles. The lowest BCUT2D eigenvalue weighted by Crippen LogP contribution is -2.10. The van der Waals surface area contributed by atoms with Crippen LogP contribution < -0.4 is 4.74 Å². The Labute approximate surface area is 135 Å². The lowest BCUT2D eigenvalue weighted by atomic mass is 10.1. The number of aromatic nitrogens is 1. The normalized spacial score (nSPS) is 11.4. The van der Waals surface area contributed by atoms with Crippen molar-refractivity contribution in [2.24, 2.45) is 0 Å². The molecule has 2 aromatic rings. The van der Waals surface area contributed by atoms with Crippen LogP contribution in [0.1, 0.15) is 30.1 Å². The first kappa shape index (κ1) is 17.2. The van der Waals surface area contributed by atoms with E-state index in [0.717, 1.165) is 19.1 Å². The second-order valence-corrected chi connectivity index (χ2v) is 7.12. The number of methoxy groups -OCH3 is 1. The summed E-state index contributed by atoms with van der Waals surface area (Å²) in [5.41, 5.74) is 0.571. The topological polar surface area (TPSA) is 82.6 Å². The Balaban J connectivity index is 2.59. The molecule has 0 N–H and O–H groups in total. The van der Waals surface area contributed by atoms with E-state index < -0.39 is 15.8 Å². The third-order valence-corrected chi connectivity index (χ3v) is 4.29. The van der Waals surface area contributed by atoms with Crippen molar-refractivity contribution in [3.05, 3.63) is 29.8 Å². The summed E-state index contributed by atoms with van der Waals surface area (Å²) in [4.78, 5) is 16.4. The molecule has 0 aliphatic rings. The van der Waals surface area contributed by atoms with Crippen LogP contribution in [0.3, 0.4) is 0 Å². The molecule has 0 saturated carbocycles. The van der Waals surface area contributed by atoms with Crippen molar-refractivity contribution < 1.29 is 22.7 Å². The minimum absolute atomic E-state index is 0.155. The number of unbranched alkanes of at least 4 members (excludes halogenated alkanes) is 1. The third kappa shape index (κ3) is 3.98. The van der Waals surface area contributed by atoms with Crippen LogP contribution in [0.4, 0.5) is 0 Å². The van der Waals surface area contributed by atoms with E-state index in [4.69, 9.17) is 9.47 Å². The molecule has 23 heavy (non-hydrogen) atoms. The Bertz CT molecular complexity index is 830. The van der Waals surface area contributed by atoms with Gasteiger partial charge < -0.3 is 9.47 Å². The van der Waals surface area contributed by atoms with Gasteiger partial charge in [-0.25, -0.2) is 18.2 Å². The smallest absolute Gasteiger partial charge is 0.338 e. The molecule has 0 spiro atoms. The van der Waals surface area contributed by atoms with Crippen LogP contribution in [0.2, 0.25) is 0 Å². The van der Waals surface area contributed by atoms with Crippen molar-refractivity contribution >= 4 is 26.7 Å². The molecule has 0 aliphatic carbocycles. The second-order valence-electron chi connectivity index (χ2n) is 5.15. The fourth-order valence-electron chi connectivity index (χ4n) is 2.05. The Morgan fingerprint density at radius 1 is 1.26 bits per heavy atom. The number of esters is 1. The first-order valence-electron chi connectivity index (χ1n) is 7.22. The molecule has 6 nitrogen and oxygen atoms in total. The van der Waals surface area contributed by atoms with Crippen LogP contribution in [0.5, 0.6) is 5.75 Å². The SMILES string of the molecule is CCCCOC(=O)c1cc(S(C)(=O)=O)nc2ccc(OC)cc12. The monoisotopic (exact) mass is 337 g/mol. The molecule has 1 aromatic carbocycles. The number of hydrogen-bond donors (Lipinski definition) is 0. The lowest BCUT2D eigenvalue weighted by Gasteiger charge is -2.10.